The summed E-state index contributed by atoms with van der Waals surface area (Å²) in [5.74, 6) is -0.829. The summed E-state index contributed by atoms with van der Waals surface area (Å²) >= 11 is 0. The van der Waals surface area contributed by atoms with E-state index in [0.717, 1.165) is 12.8 Å². The molecule has 1 aliphatic rings. The summed E-state index contributed by atoms with van der Waals surface area (Å²) in [5, 5.41) is 11.9. The van der Waals surface area contributed by atoms with Crippen LogP contribution in [0.2, 0.25) is 0 Å². The van der Waals surface area contributed by atoms with Gasteiger partial charge >= 0.3 is 12.0 Å². The largest absolute Gasteiger partial charge is 0.481 e. The molecule has 0 aromatic heterocycles. The molecule has 0 aromatic carbocycles. The molecular formula is C14H26N2O3. The third-order valence-corrected chi connectivity index (χ3v) is 3.97. The Bertz CT molecular complexity index is 323. The van der Waals surface area contributed by atoms with Crippen molar-refractivity contribution >= 4 is 12.0 Å². The van der Waals surface area contributed by atoms with Gasteiger partial charge in [0, 0.05) is 19.1 Å². The Balaban J connectivity index is 2.39. The first kappa shape index (κ1) is 15.8. The molecule has 5 nitrogen and oxygen atoms in total. The molecule has 110 valence electrons. The van der Waals surface area contributed by atoms with Gasteiger partial charge in [0.25, 0.3) is 0 Å². The number of amides is 2. The fraction of sp³-hybridized carbons (Fsp3) is 0.857. The summed E-state index contributed by atoms with van der Waals surface area (Å²) in [5.41, 5.74) is -0.794. The molecule has 2 N–H and O–H groups in total. The Morgan fingerprint density at radius 2 is 1.89 bits per heavy atom. The van der Waals surface area contributed by atoms with Crippen molar-refractivity contribution in [1.82, 2.24) is 10.2 Å². The first-order valence-electron chi connectivity index (χ1n) is 7.16. The SMILES string of the molecule is CCN(C(=O)NCCC(C)(C)C(=O)O)C1CCCC1. The van der Waals surface area contributed by atoms with E-state index in [0.29, 0.717) is 25.6 Å². The number of urea groups is 1. The summed E-state index contributed by atoms with van der Waals surface area (Å²) in [6.45, 7) is 6.45. The second-order valence-corrected chi connectivity index (χ2v) is 5.90. The number of rotatable bonds is 6. The molecule has 0 spiro atoms. The van der Waals surface area contributed by atoms with Crippen LogP contribution in [0, 0.1) is 5.41 Å². The molecular weight excluding hydrogens is 244 g/mol. The van der Waals surface area contributed by atoms with E-state index >= 15 is 0 Å². The smallest absolute Gasteiger partial charge is 0.317 e. The molecule has 0 aliphatic heterocycles. The van der Waals surface area contributed by atoms with Gasteiger partial charge in [0.1, 0.15) is 0 Å². The lowest BCUT2D eigenvalue weighted by Crippen LogP contribution is -2.46. The normalized spacial score (nSPS) is 16.4. The number of nitrogens with one attached hydrogen (secondary N) is 1. The molecule has 0 bridgehead atoms. The third kappa shape index (κ3) is 4.40. The summed E-state index contributed by atoms with van der Waals surface area (Å²) in [4.78, 5) is 24.9. The van der Waals surface area contributed by atoms with E-state index in [1.807, 2.05) is 11.8 Å². The first-order valence-corrected chi connectivity index (χ1v) is 7.16. The van der Waals surface area contributed by atoms with Gasteiger partial charge in [-0.2, -0.15) is 0 Å². The topological polar surface area (TPSA) is 69.6 Å². The van der Waals surface area contributed by atoms with Gasteiger partial charge in [0.15, 0.2) is 0 Å². The van der Waals surface area contributed by atoms with Crippen molar-refractivity contribution in [1.29, 1.82) is 0 Å². The standard InChI is InChI=1S/C14H26N2O3/c1-4-16(11-7-5-6-8-11)13(19)15-10-9-14(2,3)12(17)18/h11H,4-10H2,1-3H3,(H,15,19)(H,17,18). The van der Waals surface area contributed by atoms with Crippen molar-refractivity contribution in [2.75, 3.05) is 13.1 Å². The zero-order chi connectivity index (χ0) is 14.5. The number of nitrogens with zero attached hydrogens (tertiary/aromatic N) is 1. The Labute approximate surface area is 115 Å². The minimum atomic E-state index is -0.829. The lowest BCUT2D eigenvalue weighted by molar-refractivity contribution is -0.147. The summed E-state index contributed by atoms with van der Waals surface area (Å²) < 4.78 is 0. The molecule has 0 atom stereocenters. The van der Waals surface area contributed by atoms with Crippen LogP contribution < -0.4 is 5.32 Å². The molecule has 0 radical (unpaired) electrons. The molecule has 1 rings (SSSR count). The maximum atomic E-state index is 12.1. The van der Waals surface area contributed by atoms with E-state index in [1.165, 1.54) is 12.8 Å². The lowest BCUT2D eigenvalue weighted by Gasteiger charge is -2.28. The highest BCUT2D eigenvalue weighted by Gasteiger charge is 2.28. The van der Waals surface area contributed by atoms with Gasteiger partial charge in [-0.25, -0.2) is 4.79 Å². The van der Waals surface area contributed by atoms with Crippen LogP contribution in [-0.2, 0) is 4.79 Å². The van der Waals surface area contributed by atoms with E-state index in [2.05, 4.69) is 5.32 Å². The average Bonchev–Trinajstić information content (AvgIpc) is 2.83. The molecule has 0 aromatic rings. The summed E-state index contributed by atoms with van der Waals surface area (Å²) in [7, 11) is 0. The summed E-state index contributed by atoms with van der Waals surface area (Å²) in [6, 6.07) is 0.299. The summed E-state index contributed by atoms with van der Waals surface area (Å²) in [6.07, 6.45) is 5.00. The van der Waals surface area contributed by atoms with Gasteiger partial charge in [-0.15, -0.1) is 0 Å². The number of carboxylic acid groups (broad SMARTS) is 1. The predicted molar refractivity (Wildman–Crippen MR) is 74.1 cm³/mol. The molecule has 0 heterocycles. The molecule has 1 aliphatic carbocycles. The van der Waals surface area contributed by atoms with E-state index in [1.54, 1.807) is 13.8 Å². The monoisotopic (exact) mass is 270 g/mol. The van der Waals surface area contributed by atoms with Crippen LogP contribution in [0.5, 0.6) is 0 Å². The zero-order valence-electron chi connectivity index (χ0n) is 12.2. The van der Waals surface area contributed by atoms with Crippen LogP contribution in [0.1, 0.15) is 52.9 Å². The van der Waals surface area contributed by atoms with Crippen molar-refractivity contribution < 1.29 is 14.7 Å². The predicted octanol–water partition coefficient (Wildman–Crippen LogP) is 2.46. The van der Waals surface area contributed by atoms with E-state index in [9.17, 15) is 9.59 Å². The molecule has 1 saturated carbocycles. The van der Waals surface area contributed by atoms with Crippen LogP contribution in [0.15, 0.2) is 0 Å². The fourth-order valence-corrected chi connectivity index (χ4v) is 2.47. The van der Waals surface area contributed by atoms with Crippen LogP contribution in [0.25, 0.3) is 0 Å². The molecule has 19 heavy (non-hydrogen) atoms. The Kier molecular flexibility index (Phi) is 5.63. The number of carboxylic acids is 1. The number of hydrogen-bond donors (Lipinski definition) is 2. The van der Waals surface area contributed by atoms with Gasteiger partial charge in [0.2, 0.25) is 0 Å². The van der Waals surface area contributed by atoms with Gasteiger partial charge in [-0.1, -0.05) is 12.8 Å². The molecule has 0 saturated heterocycles. The van der Waals surface area contributed by atoms with Gasteiger partial charge < -0.3 is 15.3 Å². The molecule has 1 fully saturated rings. The van der Waals surface area contributed by atoms with Crippen LogP contribution in [0.4, 0.5) is 4.79 Å². The van der Waals surface area contributed by atoms with Gasteiger partial charge in [-0.05, 0) is 40.0 Å². The second kappa shape index (κ2) is 6.78. The fourth-order valence-electron chi connectivity index (χ4n) is 2.47. The quantitative estimate of drug-likeness (QED) is 0.779. The van der Waals surface area contributed by atoms with Crippen molar-refractivity contribution in [3.63, 3.8) is 0 Å². The highest BCUT2D eigenvalue weighted by Crippen LogP contribution is 2.23. The highest BCUT2D eigenvalue weighted by atomic mass is 16.4. The lowest BCUT2D eigenvalue weighted by atomic mass is 9.90. The average molecular weight is 270 g/mol. The number of hydrogen-bond acceptors (Lipinski definition) is 2. The van der Waals surface area contributed by atoms with E-state index in [4.69, 9.17) is 5.11 Å². The molecule has 5 heteroatoms. The number of aliphatic carboxylic acids is 1. The Morgan fingerprint density at radius 3 is 2.37 bits per heavy atom. The van der Waals surface area contributed by atoms with Gasteiger partial charge in [-0.3, -0.25) is 4.79 Å². The second-order valence-electron chi connectivity index (χ2n) is 5.90. The minimum absolute atomic E-state index is 0.0596. The first-order chi connectivity index (χ1) is 8.88. The molecule has 2 amide bonds. The maximum absolute atomic E-state index is 12.1. The van der Waals surface area contributed by atoms with E-state index in [-0.39, 0.29) is 6.03 Å². The molecule has 0 unspecified atom stereocenters. The zero-order valence-corrected chi connectivity index (χ0v) is 12.2. The van der Waals surface area contributed by atoms with Crippen molar-refractivity contribution in [2.45, 2.75) is 58.9 Å². The van der Waals surface area contributed by atoms with Crippen molar-refractivity contribution in [2.24, 2.45) is 5.41 Å². The number of carbonyl (C=O) groups excluding carboxylic acids is 1. The van der Waals surface area contributed by atoms with E-state index < -0.39 is 11.4 Å². The van der Waals surface area contributed by atoms with Crippen molar-refractivity contribution in [3.8, 4) is 0 Å². The highest BCUT2D eigenvalue weighted by molar-refractivity contribution is 5.75. The van der Waals surface area contributed by atoms with Crippen LogP contribution in [0.3, 0.4) is 0 Å². The number of carbonyl (C=O) groups is 2. The van der Waals surface area contributed by atoms with Crippen molar-refractivity contribution in [3.05, 3.63) is 0 Å². The van der Waals surface area contributed by atoms with Crippen LogP contribution >= 0.6 is 0 Å². The van der Waals surface area contributed by atoms with Crippen LogP contribution in [-0.4, -0.2) is 41.1 Å². The third-order valence-electron chi connectivity index (χ3n) is 3.97. The Morgan fingerprint density at radius 1 is 1.32 bits per heavy atom. The maximum Gasteiger partial charge on any atom is 0.317 e. The van der Waals surface area contributed by atoms with Gasteiger partial charge in [0.05, 0.1) is 5.41 Å². The Hall–Kier alpha value is -1.26. The minimum Gasteiger partial charge on any atom is -0.481 e.